The van der Waals surface area contributed by atoms with Crippen LogP contribution >= 0.6 is 0 Å². The third-order valence-electron chi connectivity index (χ3n) is 6.63. The van der Waals surface area contributed by atoms with Crippen LogP contribution < -0.4 is 9.80 Å². The van der Waals surface area contributed by atoms with E-state index in [9.17, 15) is 13.2 Å². The molecule has 3 aromatic rings. The molecule has 1 fully saturated rings. The van der Waals surface area contributed by atoms with Crippen molar-refractivity contribution in [1.29, 1.82) is 0 Å². The van der Waals surface area contributed by atoms with E-state index in [0.29, 0.717) is 62.7 Å². The van der Waals surface area contributed by atoms with Crippen LogP contribution in [0.25, 0.3) is 5.82 Å². The second-order valence-electron chi connectivity index (χ2n) is 8.48. The number of benzene rings is 1. The SMILES string of the molecule is O=C1CCc2cc(S(=O)(=O)N3CCN(c4cc(-n5ccnc5)ncn4)CC3)cc3c2N1CC3. The number of sulfonamides is 1. The zero-order valence-electron chi connectivity index (χ0n) is 18.0. The number of imidazole rings is 1. The summed E-state index contributed by atoms with van der Waals surface area (Å²) in [5.41, 5.74) is 2.87. The van der Waals surface area contributed by atoms with E-state index in [1.165, 1.54) is 6.33 Å². The minimum absolute atomic E-state index is 0.133. The topological polar surface area (TPSA) is 105 Å². The van der Waals surface area contributed by atoms with Gasteiger partial charge in [0.1, 0.15) is 24.3 Å². The molecule has 3 aliphatic rings. The van der Waals surface area contributed by atoms with Gasteiger partial charge in [-0.2, -0.15) is 4.31 Å². The fraction of sp³-hybridized carbons (Fsp3) is 0.364. The summed E-state index contributed by atoms with van der Waals surface area (Å²) in [7, 11) is -3.61. The van der Waals surface area contributed by atoms with Gasteiger partial charge >= 0.3 is 0 Å². The van der Waals surface area contributed by atoms with Crippen molar-refractivity contribution in [3.05, 3.63) is 54.4 Å². The number of hydrogen-bond donors (Lipinski definition) is 0. The number of carbonyl (C=O) groups excluding carboxylic acids is 1. The normalized spacial score (nSPS) is 18.6. The molecular weight excluding hydrogens is 442 g/mol. The first kappa shape index (κ1) is 20.3. The molecule has 0 aliphatic carbocycles. The highest BCUT2D eigenvalue weighted by atomic mass is 32.2. The smallest absolute Gasteiger partial charge is 0.243 e. The van der Waals surface area contributed by atoms with Gasteiger partial charge in [-0.3, -0.25) is 9.36 Å². The Balaban J connectivity index is 1.21. The minimum atomic E-state index is -3.61. The van der Waals surface area contributed by atoms with E-state index in [-0.39, 0.29) is 5.91 Å². The van der Waals surface area contributed by atoms with Crippen LogP contribution in [0.3, 0.4) is 0 Å². The Bertz CT molecular complexity index is 1330. The van der Waals surface area contributed by atoms with Crippen LogP contribution in [0.15, 0.2) is 48.1 Å². The largest absolute Gasteiger partial charge is 0.354 e. The predicted octanol–water partition coefficient (Wildman–Crippen LogP) is 1.01. The summed E-state index contributed by atoms with van der Waals surface area (Å²) < 4.78 is 30.3. The number of carbonyl (C=O) groups is 1. The van der Waals surface area contributed by atoms with E-state index in [1.807, 2.05) is 17.2 Å². The lowest BCUT2D eigenvalue weighted by molar-refractivity contribution is -0.118. The molecule has 1 aromatic carbocycles. The molecule has 5 heterocycles. The van der Waals surface area contributed by atoms with Gasteiger partial charge in [0, 0.05) is 57.6 Å². The molecule has 2 aromatic heterocycles. The molecule has 0 saturated carbocycles. The molecule has 0 spiro atoms. The highest BCUT2D eigenvalue weighted by Crippen LogP contribution is 2.39. The quantitative estimate of drug-likeness (QED) is 0.566. The second-order valence-corrected chi connectivity index (χ2v) is 10.4. The molecular formula is C22H23N7O3S. The average molecular weight is 466 g/mol. The van der Waals surface area contributed by atoms with E-state index in [1.54, 1.807) is 33.5 Å². The maximum absolute atomic E-state index is 13.5. The summed E-state index contributed by atoms with van der Waals surface area (Å²) in [6.07, 6.45) is 8.44. The molecule has 33 heavy (non-hydrogen) atoms. The Morgan fingerprint density at radius 2 is 1.61 bits per heavy atom. The second kappa shape index (κ2) is 7.63. The molecule has 1 amide bonds. The van der Waals surface area contributed by atoms with E-state index >= 15 is 0 Å². The summed E-state index contributed by atoms with van der Waals surface area (Å²) >= 11 is 0. The highest BCUT2D eigenvalue weighted by molar-refractivity contribution is 7.89. The van der Waals surface area contributed by atoms with Crippen LogP contribution in [-0.4, -0.2) is 70.9 Å². The Labute approximate surface area is 191 Å². The number of aromatic nitrogens is 4. The highest BCUT2D eigenvalue weighted by Gasteiger charge is 2.35. The Morgan fingerprint density at radius 1 is 0.848 bits per heavy atom. The van der Waals surface area contributed by atoms with Crippen molar-refractivity contribution in [2.45, 2.75) is 24.2 Å². The molecule has 11 heteroatoms. The fourth-order valence-corrected chi connectivity index (χ4v) is 6.45. The van der Waals surface area contributed by atoms with Gasteiger partial charge < -0.3 is 9.80 Å². The molecule has 0 unspecified atom stereocenters. The lowest BCUT2D eigenvalue weighted by Gasteiger charge is -2.35. The van der Waals surface area contributed by atoms with Crippen molar-refractivity contribution in [2.24, 2.45) is 0 Å². The summed E-state index contributed by atoms with van der Waals surface area (Å²) in [5, 5.41) is 0. The third-order valence-corrected chi connectivity index (χ3v) is 8.51. The maximum atomic E-state index is 13.5. The molecule has 6 rings (SSSR count). The lowest BCUT2D eigenvalue weighted by Crippen LogP contribution is -2.49. The van der Waals surface area contributed by atoms with Gasteiger partial charge in [0.15, 0.2) is 0 Å². The fourth-order valence-electron chi connectivity index (χ4n) is 4.93. The van der Waals surface area contributed by atoms with Gasteiger partial charge in [-0.1, -0.05) is 0 Å². The van der Waals surface area contributed by atoms with E-state index in [0.717, 1.165) is 22.6 Å². The Morgan fingerprint density at radius 3 is 2.36 bits per heavy atom. The van der Waals surface area contributed by atoms with Gasteiger partial charge in [0.2, 0.25) is 15.9 Å². The molecule has 0 atom stereocenters. The Kier molecular flexibility index (Phi) is 4.70. The molecule has 1 saturated heterocycles. The summed E-state index contributed by atoms with van der Waals surface area (Å²) in [6, 6.07) is 5.41. The lowest BCUT2D eigenvalue weighted by atomic mass is 10.00. The van der Waals surface area contributed by atoms with Crippen LogP contribution in [-0.2, 0) is 27.7 Å². The number of hydrogen-bond acceptors (Lipinski definition) is 7. The van der Waals surface area contributed by atoms with Gasteiger partial charge in [-0.05, 0) is 36.1 Å². The monoisotopic (exact) mass is 465 g/mol. The van der Waals surface area contributed by atoms with Crippen molar-refractivity contribution in [3.63, 3.8) is 0 Å². The summed E-state index contributed by atoms with van der Waals surface area (Å²) in [6.45, 7) is 2.48. The number of piperazine rings is 1. The van der Waals surface area contributed by atoms with Crippen LogP contribution in [0.1, 0.15) is 17.5 Å². The van der Waals surface area contributed by atoms with Gasteiger partial charge in [0.25, 0.3) is 0 Å². The van der Waals surface area contributed by atoms with E-state index in [2.05, 4.69) is 19.9 Å². The molecule has 0 bridgehead atoms. The van der Waals surface area contributed by atoms with E-state index in [4.69, 9.17) is 0 Å². The Hall–Kier alpha value is -3.31. The number of anilines is 2. The molecule has 170 valence electrons. The zero-order valence-corrected chi connectivity index (χ0v) is 18.8. The van der Waals surface area contributed by atoms with Crippen molar-refractivity contribution >= 4 is 27.4 Å². The van der Waals surface area contributed by atoms with Gasteiger partial charge in [-0.25, -0.2) is 23.4 Å². The standard InChI is InChI=1S/C22H23N7O3S/c30-21-2-1-16-11-18(12-17-3-5-29(21)22(16)17)33(31,32)28-9-7-26(8-10-28)19-13-20(25-14-24-19)27-6-4-23-15-27/h4,6,11-15H,1-3,5,7-10H2. The molecule has 0 radical (unpaired) electrons. The number of rotatable bonds is 4. The van der Waals surface area contributed by atoms with Crippen molar-refractivity contribution in [2.75, 3.05) is 42.5 Å². The van der Waals surface area contributed by atoms with Crippen LogP contribution in [0.5, 0.6) is 0 Å². The third kappa shape index (κ3) is 3.39. The number of amides is 1. The number of aryl methyl sites for hydroxylation is 1. The van der Waals surface area contributed by atoms with Crippen LogP contribution in [0.4, 0.5) is 11.5 Å². The van der Waals surface area contributed by atoms with Crippen molar-refractivity contribution < 1.29 is 13.2 Å². The van der Waals surface area contributed by atoms with Crippen LogP contribution in [0.2, 0.25) is 0 Å². The van der Waals surface area contributed by atoms with Crippen molar-refractivity contribution in [1.82, 2.24) is 23.8 Å². The molecule has 10 nitrogen and oxygen atoms in total. The number of nitrogens with zero attached hydrogens (tertiary/aromatic N) is 7. The summed E-state index contributed by atoms with van der Waals surface area (Å²) in [4.78, 5) is 29.1. The minimum Gasteiger partial charge on any atom is -0.354 e. The predicted molar refractivity (Wildman–Crippen MR) is 121 cm³/mol. The molecule has 3 aliphatic heterocycles. The first-order chi connectivity index (χ1) is 16.0. The average Bonchev–Trinajstić information content (AvgIpc) is 3.53. The summed E-state index contributed by atoms with van der Waals surface area (Å²) in [5.74, 6) is 1.61. The van der Waals surface area contributed by atoms with Crippen molar-refractivity contribution in [3.8, 4) is 5.82 Å². The first-order valence-electron chi connectivity index (χ1n) is 11.0. The van der Waals surface area contributed by atoms with Crippen LogP contribution in [0, 0.1) is 0 Å². The van der Waals surface area contributed by atoms with E-state index < -0.39 is 10.0 Å². The van der Waals surface area contributed by atoms with Gasteiger partial charge in [0.05, 0.1) is 10.6 Å². The first-order valence-corrected chi connectivity index (χ1v) is 12.5. The van der Waals surface area contributed by atoms with Gasteiger partial charge in [-0.15, -0.1) is 0 Å². The maximum Gasteiger partial charge on any atom is 0.243 e. The zero-order chi connectivity index (χ0) is 22.6. The molecule has 0 N–H and O–H groups in total.